The summed E-state index contributed by atoms with van der Waals surface area (Å²) in [6.45, 7) is 0.829. The SMILES string of the molecule is CN(CCCCCO)C(=O)c1cnc(N)c(Cl)c1. The lowest BCUT2D eigenvalue weighted by molar-refractivity contribution is 0.0792. The van der Waals surface area contributed by atoms with Crippen LogP contribution in [-0.2, 0) is 0 Å². The monoisotopic (exact) mass is 271 g/mol. The van der Waals surface area contributed by atoms with Gasteiger partial charge in [-0.1, -0.05) is 11.6 Å². The Hall–Kier alpha value is -1.33. The number of rotatable bonds is 6. The summed E-state index contributed by atoms with van der Waals surface area (Å²) in [5.74, 6) is 0.0900. The van der Waals surface area contributed by atoms with Crippen molar-refractivity contribution in [3.05, 3.63) is 22.8 Å². The third-order valence-corrected chi connectivity index (χ3v) is 2.92. The van der Waals surface area contributed by atoms with E-state index < -0.39 is 0 Å². The summed E-state index contributed by atoms with van der Waals surface area (Å²) in [5, 5.41) is 8.95. The quantitative estimate of drug-likeness (QED) is 0.770. The summed E-state index contributed by atoms with van der Waals surface area (Å²) in [7, 11) is 1.73. The highest BCUT2D eigenvalue weighted by atomic mass is 35.5. The first-order valence-corrected chi connectivity index (χ1v) is 6.21. The lowest BCUT2D eigenvalue weighted by Gasteiger charge is -2.17. The van der Waals surface area contributed by atoms with Crippen LogP contribution in [0.25, 0.3) is 0 Å². The number of nitrogen functional groups attached to an aromatic ring is 1. The minimum absolute atomic E-state index is 0.131. The van der Waals surface area contributed by atoms with Gasteiger partial charge in [-0.25, -0.2) is 4.98 Å². The molecular formula is C12H18ClN3O2. The molecule has 1 aromatic heterocycles. The van der Waals surface area contributed by atoms with Crippen molar-refractivity contribution in [2.45, 2.75) is 19.3 Å². The van der Waals surface area contributed by atoms with Crippen LogP contribution in [0.4, 0.5) is 5.82 Å². The van der Waals surface area contributed by atoms with Crippen molar-refractivity contribution in [3.63, 3.8) is 0 Å². The molecule has 1 heterocycles. The van der Waals surface area contributed by atoms with Crippen molar-refractivity contribution in [3.8, 4) is 0 Å². The standard InChI is InChI=1S/C12H18ClN3O2/c1-16(5-3-2-4-6-17)12(18)9-7-10(13)11(14)15-8-9/h7-8,17H,2-6H2,1H3,(H2,14,15). The summed E-state index contributed by atoms with van der Waals surface area (Å²) in [6.07, 6.45) is 3.94. The third-order valence-electron chi connectivity index (χ3n) is 2.61. The van der Waals surface area contributed by atoms with Gasteiger partial charge in [-0.2, -0.15) is 0 Å². The van der Waals surface area contributed by atoms with Gasteiger partial charge < -0.3 is 15.7 Å². The molecule has 100 valence electrons. The fourth-order valence-electron chi connectivity index (χ4n) is 1.52. The van der Waals surface area contributed by atoms with E-state index in [1.165, 1.54) is 12.3 Å². The molecule has 5 nitrogen and oxygen atoms in total. The number of nitrogens with two attached hydrogens (primary N) is 1. The number of aliphatic hydroxyl groups excluding tert-OH is 1. The summed E-state index contributed by atoms with van der Waals surface area (Å²) in [6, 6.07) is 1.52. The second-order valence-electron chi connectivity index (χ2n) is 4.10. The summed E-state index contributed by atoms with van der Waals surface area (Å²) in [5.41, 5.74) is 5.92. The number of carbonyl (C=O) groups is 1. The molecule has 0 fully saturated rings. The second kappa shape index (κ2) is 7.18. The first kappa shape index (κ1) is 14.7. The van der Waals surface area contributed by atoms with Crippen molar-refractivity contribution in [1.29, 1.82) is 0 Å². The zero-order chi connectivity index (χ0) is 13.5. The Morgan fingerprint density at radius 2 is 2.22 bits per heavy atom. The Morgan fingerprint density at radius 1 is 1.50 bits per heavy atom. The average molecular weight is 272 g/mol. The molecule has 1 rings (SSSR count). The highest BCUT2D eigenvalue weighted by Gasteiger charge is 2.13. The van der Waals surface area contributed by atoms with E-state index in [1.54, 1.807) is 11.9 Å². The zero-order valence-electron chi connectivity index (χ0n) is 10.4. The predicted octanol–water partition coefficient (Wildman–Crippen LogP) is 1.55. The van der Waals surface area contributed by atoms with Crippen molar-refractivity contribution >= 4 is 23.3 Å². The van der Waals surface area contributed by atoms with E-state index in [4.69, 9.17) is 22.4 Å². The molecule has 18 heavy (non-hydrogen) atoms. The van der Waals surface area contributed by atoms with Crippen LogP contribution in [0.1, 0.15) is 29.6 Å². The van der Waals surface area contributed by atoms with Crippen LogP contribution in [0.15, 0.2) is 12.3 Å². The summed E-state index contributed by atoms with van der Waals surface area (Å²) in [4.78, 5) is 17.5. The van der Waals surface area contributed by atoms with E-state index in [1.807, 2.05) is 0 Å². The fourth-order valence-corrected chi connectivity index (χ4v) is 1.69. The smallest absolute Gasteiger partial charge is 0.255 e. The molecule has 0 unspecified atom stereocenters. The van der Waals surface area contributed by atoms with Crippen LogP contribution in [0.5, 0.6) is 0 Å². The predicted molar refractivity (Wildman–Crippen MR) is 71.6 cm³/mol. The number of hydrogen-bond acceptors (Lipinski definition) is 4. The number of hydrogen-bond donors (Lipinski definition) is 2. The molecule has 3 N–H and O–H groups in total. The minimum atomic E-state index is -0.131. The molecule has 0 saturated heterocycles. The van der Waals surface area contributed by atoms with Crippen molar-refractivity contribution in [1.82, 2.24) is 9.88 Å². The van der Waals surface area contributed by atoms with E-state index in [0.717, 1.165) is 19.3 Å². The maximum Gasteiger partial charge on any atom is 0.255 e. The van der Waals surface area contributed by atoms with Gasteiger partial charge in [-0.05, 0) is 25.3 Å². The number of aliphatic hydroxyl groups is 1. The molecule has 0 bridgehead atoms. The second-order valence-corrected chi connectivity index (χ2v) is 4.51. The first-order chi connectivity index (χ1) is 8.56. The van der Waals surface area contributed by atoms with Gasteiger partial charge in [0.15, 0.2) is 0 Å². The maximum atomic E-state index is 12.0. The zero-order valence-corrected chi connectivity index (χ0v) is 11.2. The Kier molecular flexibility index (Phi) is 5.88. The van der Waals surface area contributed by atoms with Crippen molar-refractivity contribution in [2.24, 2.45) is 0 Å². The number of nitrogens with zero attached hydrogens (tertiary/aromatic N) is 2. The van der Waals surface area contributed by atoms with Gasteiger partial charge in [-0.15, -0.1) is 0 Å². The van der Waals surface area contributed by atoms with Gasteiger partial charge in [0.25, 0.3) is 5.91 Å². The molecule has 0 atom stereocenters. The number of pyridine rings is 1. The van der Waals surface area contributed by atoms with Crippen LogP contribution >= 0.6 is 11.6 Å². The van der Waals surface area contributed by atoms with Gasteiger partial charge in [0, 0.05) is 26.4 Å². The fraction of sp³-hybridized carbons (Fsp3) is 0.500. The third kappa shape index (κ3) is 4.16. The number of amides is 1. The molecule has 0 radical (unpaired) electrons. The van der Waals surface area contributed by atoms with Gasteiger partial charge >= 0.3 is 0 Å². The molecule has 1 amide bonds. The van der Waals surface area contributed by atoms with E-state index in [2.05, 4.69) is 4.98 Å². The van der Waals surface area contributed by atoms with Gasteiger partial charge in [0.05, 0.1) is 10.6 Å². The Labute approximate surface area is 112 Å². The number of halogens is 1. The topological polar surface area (TPSA) is 79.5 Å². The van der Waals surface area contributed by atoms with E-state index >= 15 is 0 Å². The number of anilines is 1. The van der Waals surface area contributed by atoms with Crippen LogP contribution in [-0.4, -0.2) is 41.1 Å². The molecule has 6 heteroatoms. The Morgan fingerprint density at radius 3 is 2.83 bits per heavy atom. The molecule has 0 aromatic carbocycles. The summed E-state index contributed by atoms with van der Waals surface area (Å²) >= 11 is 5.82. The van der Waals surface area contributed by atoms with E-state index in [-0.39, 0.29) is 23.4 Å². The van der Waals surface area contributed by atoms with Gasteiger partial charge in [0.1, 0.15) is 5.82 Å². The molecule has 0 aliphatic carbocycles. The van der Waals surface area contributed by atoms with Crippen molar-refractivity contribution < 1.29 is 9.90 Å². The number of carbonyl (C=O) groups excluding carboxylic acids is 1. The number of unbranched alkanes of at least 4 members (excludes halogenated alkanes) is 2. The van der Waals surface area contributed by atoms with Crippen LogP contribution in [0.3, 0.4) is 0 Å². The Bertz CT molecular complexity index is 412. The largest absolute Gasteiger partial charge is 0.396 e. The molecule has 0 spiro atoms. The maximum absolute atomic E-state index is 12.0. The first-order valence-electron chi connectivity index (χ1n) is 5.83. The van der Waals surface area contributed by atoms with Gasteiger partial charge in [0.2, 0.25) is 0 Å². The lowest BCUT2D eigenvalue weighted by Crippen LogP contribution is -2.28. The van der Waals surface area contributed by atoms with Crippen molar-refractivity contribution in [2.75, 3.05) is 25.9 Å². The van der Waals surface area contributed by atoms with Crippen LogP contribution in [0.2, 0.25) is 5.02 Å². The highest BCUT2D eigenvalue weighted by molar-refractivity contribution is 6.33. The van der Waals surface area contributed by atoms with Gasteiger partial charge in [-0.3, -0.25) is 4.79 Å². The summed E-state index contributed by atoms with van der Waals surface area (Å²) < 4.78 is 0. The molecule has 0 saturated carbocycles. The number of aromatic nitrogens is 1. The molecule has 0 aliphatic rings. The van der Waals surface area contributed by atoms with Crippen LogP contribution < -0.4 is 5.73 Å². The lowest BCUT2D eigenvalue weighted by atomic mass is 10.2. The minimum Gasteiger partial charge on any atom is -0.396 e. The average Bonchev–Trinajstić information content (AvgIpc) is 2.37. The Balaban J connectivity index is 2.54. The molecule has 0 aliphatic heterocycles. The molecule has 1 aromatic rings. The van der Waals surface area contributed by atoms with E-state index in [9.17, 15) is 4.79 Å². The van der Waals surface area contributed by atoms with Crippen LogP contribution in [0, 0.1) is 0 Å². The molecular weight excluding hydrogens is 254 g/mol. The highest BCUT2D eigenvalue weighted by Crippen LogP contribution is 2.17. The van der Waals surface area contributed by atoms with E-state index in [0.29, 0.717) is 12.1 Å². The normalized spacial score (nSPS) is 10.4.